The number of hydrogen-bond donors (Lipinski definition) is 1. The molecule has 33 heavy (non-hydrogen) atoms. The summed E-state index contributed by atoms with van der Waals surface area (Å²) in [7, 11) is 5.01. The Morgan fingerprint density at radius 2 is 2.06 bits per heavy atom. The lowest BCUT2D eigenvalue weighted by Gasteiger charge is -2.34. The Balaban J connectivity index is 1.93. The van der Waals surface area contributed by atoms with E-state index in [1.165, 1.54) is 19.8 Å². The number of esters is 2. The summed E-state index contributed by atoms with van der Waals surface area (Å²) in [5, 5.41) is 1.09. The van der Waals surface area contributed by atoms with Crippen LogP contribution in [-0.2, 0) is 22.5 Å². The molecule has 0 bridgehead atoms. The molecule has 6 nitrogen and oxygen atoms in total. The lowest BCUT2D eigenvalue weighted by atomic mass is 9.86. The number of ether oxygens (including phenoxy) is 2. The number of fused-ring (bicyclic) bond motifs is 1. The third-order valence-electron chi connectivity index (χ3n) is 6.23. The van der Waals surface area contributed by atoms with Crippen LogP contribution in [0.3, 0.4) is 0 Å². The molecular weight excluding hydrogens is 551 g/mol. The molecule has 0 saturated heterocycles. The first-order chi connectivity index (χ1) is 15.7. The summed E-state index contributed by atoms with van der Waals surface area (Å²) >= 11 is 3.91. The van der Waals surface area contributed by atoms with Crippen LogP contribution in [0.2, 0.25) is 0 Å². The number of carbonyl (C=O) groups excluding carboxylic acids is 2. The van der Waals surface area contributed by atoms with Crippen LogP contribution in [0, 0.1) is 12.8 Å². The maximum Gasteiger partial charge on any atom is 0.327 e. The van der Waals surface area contributed by atoms with Gasteiger partial charge in [0.1, 0.15) is 0 Å². The number of aromatic nitrogens is 1. The van der Waals surface area contributed by atoms with Crippen LogP contribution in [-0.4, -0.2) is 61.9 Å². The van der Waals surface area contributed by atoms with E-state index in [1.807, 2.05) is 12.1 Å². The Labute approximate surface area is 214 Å². The Kier molecular flexibility index (Phi) is 8.91. The third kappa shape index (κ3) is 5.95. The first-order valence-corrected chi connectivity index (χ1v) is 13.3. The van der Waals surface area contributed by atoms with Gasteiger partial charge in [0.2, 0.25) is 0 Å². The van der Waals surface area contributed by atoms with Gasteiger partial charge in [0.25, 0.3) is 0 Å². The number of thioether (sulfide) groups is 1. The van der Waals surface area contributed by atoms with E-state index in [0.29, 0.717) is 18.6 Å². The normalized spacial score (nSPS) is 18.6. The van der Waals surface area contributed by atoms with Crippen molar-refractivity contribution in [3.05, 3.63) is 41.1 Å². The number of rotatable bonds is 9. The van der Waals surface area contributed by atoms with Crippen LogP contribution in [0.25, 0.3) is 10.9 Å². The Morgan fingerprint density at radius 3 is 2.73 bits per heavy atom. The van der Waals surface area contributed by atoms with Gasteiger partial charge < -0.3 is 19.4 Å². The van der Waals surface area contributed by atoms with Crippen molar-refractivity contribution in [2.45, 2.75) is 41.4 Å². The number of halogens is 1. The van der Waals surface area contributed by atoms with Gasteiger partial charge in [-0.25, -0.2) is 0 Å². The van der Waals surface area contributed by atoms with Gasteiger partial charge in [-0.05, 0) is 56.5 Å². The zero-order valence-corrected chi connectivity index (χ0v) is 23.0. The Morgan fingerprint density at radius 1 is 1.30 bits per heavy atom. The zero-order chi connectivity index (χ0) is 24.2. The minimum Gasteiger partial charge on any atom is -0.469 e. The van der Waals surface area contributed by atoms with Crippen LogP contribution >= 0.6 is 34.4 Å². The maximum atomic E-state index is 13.1. The second kappa shape index (κ2) is 11.3. The fraction of sp³-hybridized carbons (Fsp3) is 0.520. The quantitative estimate of drug-likeness (QED) is 0.143. The van der Waals surface area contributed by atoms with Crippen LogP contribution in [0.1, 0.15) is 37.4 Å². The highest BCUT2D eigenvalue weighted by atomic mass is 127. The molecule has 1 N–H and O–H groups in total. The minimum atomic E-state index is -0.813. The summed E-state index contributed by atoms with van der Waals surface area (Å²) in [6, 6.07) is 6.22. The maximum absolute atomic E-state index is 13.1. The van der Waals surface area contributed by atoms with Crippen molar-refractivity contribution in [3.63, 3.8) is 0 Å². The molecule has 2 atom stereocenters. The Hall–Kier alpha value is -1.52. The monoisotopic (exact) mass is 584 g/mol. The van der Waals surface area contributed by atoms with Gasteiger partial charge in [-0.15, -0.1) is 11.8 Å². The standard InChI is InChI=1S/C25H33IN2O4S/c1-6-17-11-18(15-28(3)14-17)13-25(26,24(30)32-5)23-16(2)20-12-19(7-8-21(20)27-23)33-10-9-22(29)31-4/h7-8,11-12,18,27H,6,9-10,13-15H2,1-5H3/t18-,25+/m1/s1. The number of aromatic amines is 1. The van der Waals surface area contributed by atoms with Crippen molar-refractivity contribution in [1.29, 1.82) is 0 Å². The first kappa shape index (κ1) is 26.1. The summed E-state index contributed by atoms with van der Waals surface area (Å²) in [6.07, 6.45) is 4.42. The molecule has 3 rings (SSSR count). The number of nitrogens with zero attached hydrogens (tertiary/aromatic N) is 1. The van der Waals surface area contributed by atoms with E-state index in [1.54, 1.807) is 11.8 Å². The fourth-order valence-corrected chi connectivity index (χ4v) is 6.76. The van der Waals surface area contributed by atoms with Gasteiger partial charge in [0, 0.05) is 40.3 Å². The van der Waals surface area contributed by atoms with Crippen molar-refractivity contribution in [3.8, 4) is 0 Å². The van der Waals surface area contributed by atoms with Crippen molar-refractivity contribution in [2.24, 2.45) is 5.92 Å². The minimum absolute atomic E-state index is 0.204. The number of aryl methyl sites for hydroxylation is 1. The molecule has 1 aliphatic rings. The van der Waals surface area contributed by atoms with Crippen molar-refractivity contribution >= 4 is 57.2 Å². The van der Waals surface area contributed by atoms with E-state index in [2.05, 4.69) is 65.5 Å². The molecule has 180 valence electrons. The van der Waals surface area contributed by atoms with Gasteiger partial charge in [0.05, 0.1) is 20.6 Å². The lowest BCUT2D eigenvalue weighted by Crippen LogP contribution is -2.38. The number of alkyl halides is 1. The summed E-state index contributed by atoms with van der Waals surface area (Å²) < 4.78 is 9.22. The highest BCUT2D eigenvalue weighted by Gasteiger charge is 2.43. The number of likely N-dealkylation sites (N-methyl/N-ethyl adjacent to an activating group) is 1. The molecule has 0 radical (unpaired) electrons. The van der Waals surface area contributed by atoms with Crippen molar-refractivity contribution in [1.82, 2.24) is 9.88 Å². The number of nitrogens with one attached hydrogen (secondary N) is 1. The van der Waals surface area contributed by atoms with E-state index in [0.717, 1.165) is 46.6 Å². The molecule has 0 unspecified atom stereocenters. The van der Waals surface area contributed by atoms with Crippen molar-refractivity contribution in [2.75, 3.05) is 40.1 Å². The molecule has 0 spiro atoms. The molecule has 2 aromatic rings. The van der Waals surface area contributed by atoms with Crippen LogP contribution < -0.4 is 0 Å². The first-order valence-electron chi connectivity index (χ1n) is 11.2. The topological polar surface area (TPSA) is 71.6 Å². The number of benzene rings is 1. The average Bonchev–Trinajstić information content (AvgIpc) is 3.14. The van der Waals surface area contributed by atoms with E-state index in [9.17, 15) is 9.59 Å². The van der Waals surface area contributed by atoms with Crippen LogP contribution in [0.4, 0.5) is 0 Å². The molecule has 0 saturated carbocycles. The van der Waals surface area contributed by atoms with Gasteiger partial charge in [-0.3, -0.25) is 9.59 Å². The molecule has 0 fully saturated rings. The third-order valence-corrected chi connectivity index (χ3v) is 8.64. The average molecular weight is 585 g/mol. The van der Waals surface area contributed by atoms with Crippen LogP contribution in [0.15, 0.2) is 34.7 Å². The number of hydrogen-bond acceptors (Lipinski definition) is 6. The van der Waals surface area contributed by atoms with E-state index < -0.39 is 3.42 Å². The van der Waals surface area contributed by atoms with E-state index >= 15 is 0 Å². The van der Waals surface area contributed by atoms with Gasteiger partial charge >= 0.3 is 11.9 Å². The summed E-state index contributed by atoms with van der Waals surface area (Å²) in [6.45, 7) is 6.16. The summed E-state index contributed by atoms with van der Waals surface area (Å²) in [5.74, 6) is 0.494. The highest BCUT2D eigenvalue weighted by molar-refractivity contribution is 14.1. The van der Waals surface area contributed by atoms with Gasteiger partial charge in [-0.1, -0.05) is 41.2 Å². The smallest absolute Gasteiger partial charge is 0.327 e. The molecule has 1 aromatic carbocycles. The van der Waals surface area contributed by atoms with Gasteiger partial charge in [0.15, 0.2) is 3.42 Å². The predicted octanol–water partition coefficient (Wildman–Crippen LogP) is 5.22. The molecule has 8 heteroatoms. The zero-order valence-electron chi connectivity index (χ0n) is 20.0. The summed E-state index contributed by atoms with van der Waals surface area (Å²) in [4.78, 5) is 31.5. The Bertz CT molecular complexity index is 1050. The molecule has 1 aliphatic heterocycles. The molecule has 1 aromatic heterocycles. The number of methoxy groups -OCH3 is 2. The van der Waals surface area contributed by atoms with Gasteiger partial charge in [-0.2, -0.15) is 0 Å². The number of H-pyrrole nitrogens is 1. The SMILES string of the molecule is CCC1=C[C@H](C[C@@](I)(C(=O)OC)c2[nH]c3ccc(SCCC(=O)OC)cc3c2C)CN(C)C1. The van der Waals surface area contributed by atoms with Crippen LogP contribution in [0.5, 0.6) is 0 Å². The summed E-state index contributed by atoms with van der Waals surface area (Å²) in [5.41, 5.74) is 4.38. The molecule has 0 aliphatic carbocycles. The van der Waals surface area contributed by atoms with Crippen molar-refractivity contribution < 1.29 is 19.1 Å². The predicted molar refractivity (Wildman–Crippen MR) is 142 cm³/mol. The fourth-order valence-electron chi connectivity index (χ4n) is 4.56. The second-order valence-electron chi connectivity index (χ2n) is 8.64. The second-order valence-corrected chi connectivity index (χ2v) is 11.6. The molecular formula is C25H33IN2O4S. The highest BCUT2D eigenvalue weighted by Crippen LogP contribution is 2.44. The van der Waals surface area contributed by atoms with E-state index in [4.69, 9.17) is 9.47 Å². The largest absolute Gasteiger partial charge is 0.469 e. The lowest BCUT2D eigenvalue weighted by molar-refractivity contribution is -0.144. The van der Waals surface area contributed by atoms with E-state index in [-0.39, 0.29) is 17.9 Å². The molecule has 2 heterocycles. The number of carbonyl (C=O) groups is 2. The molecule has 0 amide bonds.